The smallest absolute Gasteiger partial charge is 0.222 e. The second-order valence-corrected chi connectivity index (χ2v) is 8.67. The van der Waals surface area contributed by atoms with Gasteiger partial charge in [0.2, 0.25) is 5.91 Å². The molecule has 28 heavy (non-hydrogen) atoms. The zero-order chi connectivity index (χ0) is 19.6. The number of ether oxygens (including phenoxy) is 1. The standard InChI is InChI=1S/C22H32N4O2/c1-17(15-28-2)26-19(24-18-7-6-13-23-21(18)26)8-5-9-20(27)25-14-12-22(16-25)10-3-4-11-22/h6-7,13,17H,3-5,8-12,14-16H2,1-2H3/t17-/m1/s1. The Balaban J connectivity index is 1.39. The Hall–Kier alpha value is -1.95. The maximum Gasteiger partial charge on any atom is 0.222 e. The van der Waals surface area contributed by atoms with Gasteiger partial charge in [-0.2, -0.15) is 0 Å². The number of pyridine rings is 1. The summed E-state index contributed by atoms with van der Waals surface area (Å²) in [5, 5.41) is 0. The van der Waals surface area contributed by atoms with E-state index in [1.54, 1.807) is 13.3 Å². The highest BCUT2D eigenvalue weighted by molar-refractivity contribution is 5.76. The molecule has 1 saturated carbocycles. The van der Waals surface area contributed by atoms with Crippen molar-refractivity contribution in [1.82, 2.24) is 19.4 Å². The molecule has 0 aromatic carbocycles. The highest BCUT2D eigenvalue weighted by Gasteiger charge is 2.41. The normalized spacial score (nSPS) is 19.7. The number of carbonyl (C=O) groups excluding carboxylic acids is 1. The van der Waals surface area contributed by atoms with E-state index < -0.39 is 0 Å². The number of nitrogens with zero attached hydrogens (tertiary/aromatic N) is 4. The lowest BCUT2D eigenvalue weighted by Crippen LogP contribution is -2.31. The average Bonchev–Trinajstić information content (AvgIpc) is 3.41. The summed E-state index contributed by atoms with van der Waals surface area (Å²) in [7, 11) is 1.72. The lowest BCUT2D eigenvalue weighted by Gasteiger charge is -2.23. The van der Waals surface area contributed by atoms with Crippen molar-refractivity contribution >= 4 is 17.1 Å². The van der Waals surface area contributed by atoms with Crippen LogP contribution in [-0.4, -0.2) is 52.1 Å². The molecule has 1 saturated heterocycles. The van der Waals surface area contributed by atoms with Crippen LogP contribution in [0.3, 0.4) is 0 Å². The maximum atomic E-state index is 12.7. The number of aryl methyl sites for hydroxylation is 1. The average molecular weight is 385 g/mol. The molecule has 1 amide bonds. The van der Waals surface area contributed by atoms with Crippen molar-refractivity contribution in [1.29, 1.82) is 0 Å². The molecule has 1 aliphatic carbocycles. The third-order valence-corrected chi connectivity index (χ3v) is 6.62. The quantitative estimate of drug-likeness (QED) is 0.729. The van der Waals surface area contributed by atoms with Crippen molar-refractivity contribution < 1.29 is 9.53 Å². The summed E-state index contributed by atoms with van der Waals surface area (Å²) >= 11 is 0. The summed E-state index contributed by atoms with van der Waals surface area (Å²) in [6.45, 7) is 4.67. The molecule has 2 aromatic rings. The number of likely N-dealkylation sites (tertiary alicyclic amines) is 1. The molecule has 1 atom stereocenters. The van der Waals surface area contributed by atoms with Crippen LogP contribution in [0.2, 0.25) is 0 Å². The number of amides is 1. The highest BCUT2D eigenvalue weighted by Crippen LogP contribution is 2.45. The molecule has 6 heteroatoms. The van der Waals surface area contributed by atoms with Gasteiger partial charge in [-0.05, 0) is 50.2 Å². The monoisotopic (exact) mass is 384 g/mol. The van der Waals surface area contributed by atoms with Crippen LogP contribution in [0.1, 0.15) is 63.7 Å². The highest BCUT2D eigenvalue weighted by atomic mass is 16.5. The Morgan fingerprint density at radius 3 is 2.93 bits per heavy atom. The zero-order valence-electron chi connectivity index (χ0n) is 17.2. The number of hydrogen-bond donors (Lipinski definition) is 0. The molecular weight excluding hydrogens is 352 g/mol. The van der Waals surface area contributed by atoms with Gasteiger partial charge in [0, 0.05) is 39.2 Å². The number of methoxy groups -OCH3 is 1. The first-order valence-electron chi connectivity index (χ1n) is 10.7. The molecule has 3 heterocycles. The van der Waals surface area contributed by atoms with Crippen LogP contribution < -0.4 is 0 Å². The SMILES string of the molecule is COC[C@@H](C)n1c(CCCC(=O)N2CCC3(CCCC3)C2)nc2cccnc21. The maximum absolute atomic E-state index is 12.7. The van der Waals surface area contributed by atoms with Crippen molar-refractivity contribution in [2.24, 2.45) is 5.41 Å². The lowest BCUT2D eigenvalue weighted by molar-refractivity contribution is -0.130. The van der Waals surface area contributed by atoms with E-state index in [9.17, 15) is 4.79 Å². The molecule has 6 nitrogen and oxygen atoms in total. The Morgan fingerprint density at radius 2 is 2.14 bits per heavy atom. The Morgan fingerprint density at radius 1 is 1.32 bits per heavy atom. The van der Waals surface area contributed by atoms with E-state index >= 15 is 0 Å². The minimum absolute atomic E-state index is 0.163. The van der Waals surface area contributed by atoms with Crippen molar-refractivity contribution in [2.45, 2.75) is 64.3 Å². The van der Waals surface area contributed by atoms with Gasteiger partial charge in [-0.3, -0.25) is 4.79 Å². The number of aromatic nitrogens is 3. The van der Waals surface area contributed by atoms with Gasteiger partial charge in [0.15, 0.2) is 5.65 Å². The van der Waals surface area contributed by atoms with E-state index in [1.165, 1.54) is 32.1 Å². The molecule has 0 unspecified atom stereocenters. The van der Waals surface area contributed by atoms with Crippen LogP contribution in [0.5, 0.6) is 0 Å². The van der Waals surface area contributed by atoms with Gasteiger partial charge < -0.3 is 14.2 Å². The summed E-state index contributed by atoms with van der Waals surface area (Å²) in [5.41, 5.74) is 2.26. The molecule has 2 aliphatic rings. The fraction of sp³-hybridized carbons (Fsp3) is 0.682. The second-order valence-electron chi connectivity index (χ2n) is 8.67. The largest absolute Gasteiger partial charge is 0.383 e. The first kappa shape index (κ1) is 19.4. The minimum atomic E-state index is 0.163. The summed E-state index contributed by atoms with van der Waals surface area (Å²) in [5.74, 6) is 1.31. The minimum Gasteiger partial charge on any atom is -0.383 e. The van der Waals surface area contributed by atoms with Crippen LogP contribution in [0.15, 0.2) is 18.3 Å². The number of fused-ring (bicyclic) bond motifs is 1. The summed E-state index contributed by atoms with van der Waals surface area (Å²) < 4.78 is 7.52. The first-order valence-corrected chi connectivity index (χ1v) is 10.7. The Bertz CT molecular complexity index is 825. The van der Waals surface area contributed by atoms with Gasteiger partial charge >= 0.3 is 0 Å². The van der Waals surface area contributed by atoms with E-state index in [2.05, 4.69) is 21.4 Å². The number of hydrogen-bond acceptors (Lipinski definition) is 4. The Kier molecular flexibility index (Phi) is 5.67. The van der Waals surface area contributed by atoms with Gasteiger partial charge in [0.25, 0.3) is 0 Å². The molecule has 0 N–H and O–H groups in total. The van der Waals surface area contributed by atoms with Crippen molar-refractivity contribution in [2.75, 3.05) is 26.8 Å². The molecule has 0 radical (unpaired) electrons. The van der Waals surface area contributed by atoms with Crippen LogP contribution in [0, 0.1) is 5.41 Å². The van der Waals surface area contributed by atoms with Crippen molar-refractivity contribution in [3.05, 3.63) is 24.2 Å². The molecule has 1 spiro atoms. The lowest BCUT2D eigenvalue weighted by atomic mass is 9.86. The van der Waals surface area contributed by atoms with E-state index in [1.807, 2.05) is 12.1 Å². The summed E-state index contributed by atoms with van der Waals surface area (Å²) in [4.78, 5) is 24.2. The third-order valence-electron chi connectivity index (χ3n) is 6.62. The summed E-state index contributed by atoms with van der Waals surface area (Å²) in [6.07, 6.45) is 10.5. The predicted molar refractivity (Wildman–Crippen MR) is 109 cm³/mol. The first-order chi connectivity index (χ1) is 13.6. The molecule has 152 valence electrons. The van der Waals surface area contributed by atoms with Crippen LogP contribution >= 0.6 is 0 Å². The third kappa shape index (κ3) is 3.79. The summed E-state index contributed by atoms with van der Waals surface area (Å²) in [6, 6.07) is 4.08. The van der Waals surface area contributed by atoms with Gasteiger partial charge in [0.1, 0.15) is 11.3 Å². The van der Waals surface area contributed by atoms with E-state index in [-0.39, 0.29) is 6.04 Å². The fourth-order valence-corrected chi connectivity index (χ4v) is 5.17. The number of rotatable bonds is 7. The zero-order valence-corrected chi connectivity index (χ0v) is 17.2. The molecule has 4 rings (SSSR count). The molecule has 2 fully saturated rings. The van der Waals surface area contributed by atoms with Crippen LogP contribution in [0.4, 0.5) is 0 Å². The van der Waals surface area contributed by atoms with Crippen LogP contribution in [0.25, 0.3) is 11.2 Å². The van der Waals surface area contributed by atoms with Gasteiger partial charge in [-0.1, -0.05) is 12.8 Å². The van der Waals surface area contributed by atoms with Crippen molar-refractivity contribution in [3.8, 4) is 0 Å². The van der Waals surface area contributed by atoms with Gasteiger partial charge in [0.05, 0.1) is 12.6 Å². The van der Waals surface area contributed by atoms with Gasteiger partial charge in [-0.25, -0.2) is 9.97 Å². The predicted octanol–water partition coefficient (Wildman–Crippen LogP) is 3.75. The number of imidazole rings is 1. The van der Waals surface area contributed by atoms with Crippen LogP contribution in [-0.2, 0) is 16.0 Å². The Labute approximate surface area is 167 Å². The van der Waals surface area contributed by atoms with E-state index in [4.69, 9.17) is 9.72 Å². The second kappa shape index (κ2) is 8.19. The van der Waals surface area contributed by atoms with E-state index in [0.29, 0.717) is 24.3 Å². The molecular formula is C22H32N4O2. The molecule has 0 bridgehead atoms. The molecule has 1 aliphatic heterocycles. The fourth-order valence-electron chi connectivity index (χ4n) is 5.17. The number of carbonyl (C=O) groups is 1. The topological polar surface area (TPSA) is 60.2 Å². The van der Waals surface area contributed by atoms with Gasteiger partial charge in [-0.15, -0.1) is 0 Å². The van der Waals surface area contributed by atoms with E-state index in [0.717, 1.165) is 42.9 Å². The van der Waals surface area contributed by atoms with Crippen molar-refractivity contribution in [3.63, 3.8) is 0 Å². The molecule has 2 aromatic heterocycles.